The van der Waals surface area contributed by atoms with E-state index in [-0.39, 0.29) is 23.8 Å². The van der Waals surface area contributed by atoms with E-state index in [4.69, 9.17) is 9.72 Å². The Bertz CT molecular complexity index is 1750. The number of piperazine rings is 1. The minimum absolute atomic E-state index is 0.0965. The Kier molecular flexibility index (Phi) is 10.2. The second kappa shape index (κ2) is 14.9. The lowest BCUT2D eigenvalue weighted by molar-refractivity contribution is -0.135. The molecule has 12 heteroatoms. The summed E-state index contributed by atoms with van der Waals surface area (Å²) in [7, 11) is 1.29. The molecule has 4 heterocycles. The van der Waals surface area contributed by atoms with Crippen molar-refractivity contribution in [1.82, 2.24) is 30.5 Å². The average molecular weight is 665 g/mol. The predicted octanol–water partition coefficient (Wildman–Crippen LogP) is 5.23. The van der Waals surface area contributed by atoms with E-state index in [0.717, 1.165) is 66.5 Å². The van der Waals surface area contributed by atoms with Crippen molar-refractivity contribution in [2.24, 2.45) is 5.92 Å². The van der Waals surface area contributed by atoms with Crippen LogP contribution in [0.1, 0.15) is 55.8 Å². The van der Waals surface area contributed by atoms with E-state index in [2.05, 4.69) is 37.7 Å². The highest BCUT2D eigenvalue weighted by atomic mass is 16.5. The number of aromatic amines is 1. The zero-order valence-electron chi connectivity index (χ0n) is 28.4. The number of nitrogens with one attached hydrogen (secondary N) is 4. The molecule has 256 valence electrons. The molecule has 2 aromatic heterocycles. The summed E-state index contributed by atoms with van der Waals surface area (Å²) in [6.07, 6.45) is 4.52. The van der Waals surface area contributed by atoms with Gasteiger partial charge in [0.05, 0.1) is 24.4 Å². The lowest BCUT2D eigenvalue weighted by atomic mass is 10.0. The number of H-pyrrole nitrogens is 1. The monoisotopic (exact) mass is 664 g/mol. The first-order valence-electron chi connectivity index (χ1n) is 16.9. The lowest BCUT2D eigenvalue weighted by Gasteiger charge is -2.34. The number of amides is 3. The topological polar surface area (TPSA) is 145 Å². The molecule has 12 nitrogen and oxygen atoms in total. The number of hydrogen-bond donors (Lipinski definition) is 4. The summed E-state index contributed by atoms with van der Waals surface area (Å²) in [6, 6.07) is 19.1. The van der Waals surface area contributed by atoms with Gasteiger partial charge in [-0.15, -0.1) is 0 Å². The van der Waals surface area contributed by atoms with Crippen LogP contribution >= 0.6 is 0 Å². The van der Waals surface area contributed by atoms with E-state index in [1.54, 1.807) is 11.1 Å². The Balaban J connectivity index is 1.07. The molecule has 0 bridgehead atoms. The number of nitrogens with zero attached hydrogens (tertiary/aromatic N) is 4. The molecule has 0 radical (unpaired) electrons. The number of carbonyl (C=O) groups excluding carboxylic acids is 3. The first-order valence-corrected chi connectivity index (χ1v) is 16.9. The Morgan fingerprint density at radius 2 is 1.67 bits per heavy atom. The van der Waals surface area contributed by atoms with Crippen LogP contribution in [0, 0.1) is 5.92 Å². The molecule has 2 fully saturated rings. The summed E-state index contributed by atoms with van der Waals surface area (Å²) >= 11 is 0. The molecule has 2 aliphatic rings. The Morgan fingerprint density at radius 1 is 0.959 bits per heavy atom. The highest BCUT2D eigenvalue weighted by Gasteiger charge is 2.37. The van der Waals surface area contributed by atoms with Gasteiger partial charge in [-0.3, -0.25) is 9.59 Å². The van der Waals surface area contributed by atoms with Gasteiger partial charge in [-0.25, -0.2) is 14.8 Å². The first kappa shape index (κ1) is 33.7. The van der Waals surface area contributed by atoms with Crippen molar-refractivity contribution in [3.8, 4) is 22.4 Å². The maximum absolute atomic E-state index is 13.5. The molecule has 3 amide bonds. The summed E-state index contributed by atoms with van der Waals surface area (Å²) in [5, 5.41) is 9.04. The van der Waals surface area contributed by atoms with Crippen molar-refractivity contribution < 1.29 is 19.1 Å². The number of aromatic nitrogens is 3. The maximum atomic E-state index is 13.5. The van der Waals surface area contributed by atoms with Crippen LogP contribution in [-0.2, 0) is 9.53 Å². The van der Waals surface area contributed by atoms with Gasteiger partial charge in [0.2, 0.25) is 5.91 Å². The number of alkyl carbamates (subject to hydrolysis) is 1. The number of rotatable bonds is 9. The Labute approximate surface area is 286 Å². The third-order valence-corrected chi connectivity index (χ3v) is 9.30. The standard InChI is InChI=1S/C37H44N8O4/c1-23(2)33(43-37(48)49-4)36(47)45-18-5-6-31(45)34-40-22-30(42-34)27-9-7-25(8-10-27)26-11-14-29(15-12-26)41-35(46)28-13-16-32(39-21-28)44-19-17-38-20-24(44)3/h7-16,21-24,31,33,38H,5-6,17-20H2,1-4H3,(H,40,42)(H,41,46)(H,43,48)/t24-,31+,33+/m1/s1. The fourth-order valence-corrected chi connectivity index (χ4v) is 6.50. The van der Waals surface area contributed by atoms with Gasteiger partial charge in [0.25, 0.3) is 5.91 Å². The largest absolute Gasteiger partial charge is 0.453 e. The third-order valence-electron chi connectivity index (χ3n) is 9.30. The Hall–Kier alpha value is -5.23. The normalized spacial score (nSPS) is 18.3. The highest BCUT2D eigenvalue weighted by Crippen LogP contribution is 2.33. The summed E-state index contributed by atoms with van der Waals surface area (Å²) in [5.74, 6) is 1.17. The van der Waals surface area contributed by atoms with Crippen molar-refractivity contribution >= 4 is 29.4 Å². The Morgan fingerprint density at radius 3 is 2.33 bits per heavy atom. The number of anilines is 2. The van der Waals surface area contributed by atoms with Gasteiger partial charge in [-0.2, -0.15) is 0 Å². The second-order valence-electron chi connectivity index (χ2n) is 13.0. The van der Waals surface area contributed by atoms with Crippen LogP contribution in [0.25, 0.3) is 22.4 Å². The van der Waals surface area contributed by atoms with Crippen molar-refractivity contribution in [1.29, 1.82) is 0 Å². The van der Waals surface area contributed by atoms with Crippen molar-refractivity contribution in [2.75, 3.05) is 43.5 Å². The smallest absolute Gasteiger partial charge is 0.407 e. The van der Waals surface area contributed by atoms with E-state index in [9.17, 15) is 14.4 Å². The van der Waals surface area contributed by atoms with Gasteiger partial charge >= 0.3 is 6.09 Å². The number of pyridine rings is 1. The SMILES string of the molecule is COC(=O)N[C@H](C(=O)N1CCC[C@H]1c1nc(-c2ccc(-c3ccc(NC(=O)c4ccc(N5CCNC[C@H]5C)nc4)cc3)cc2)c[nH]1)C(C)C. The maximum Gasteiger partial charge on any atom is 0.407 e. The number of imidazole rings is 1. The molecular weight excluding hydrogens is 620 g/mol. The van der Waals surface area contributed by atoms with Crippen LogP contribution in [0.4, 0.5) is 16.3 Å². The number of likely N-dealkylation sites (tertiary alicyclic amines) is 1. The molecule has 0 aliphatic carbocycles. The molecule has 2 aromatic carbocycles. The molecule has 49 heavy (non-hydrogen) atoms. The molecule has 0 saturated carbocycles. The fourth-order valence-electron chi connectivity index (χ4n) is 6.50. The zero-order valence-corrected chi connectivity index (χ0v) is 28.4. The van der Waals surface area contributed by atoms with Gasteiger partial charge < -0.3 is 35.5 Å². The van der Waals surface area contributed by atoms with Gasteiger partial charge in [0.15, 0.2) is 0 Å². The van der Waals surface area contributed by atoms with Crippen molar-refractivity contribution in [3.05, 3.63) is 84.4 Å². The van der Waals surface area contributed by atoms with Crippen LogP contribution in [0.2, 0.25) is 0 Å². The molecule has 2 aliphatic heterocycles. The molecule has 0 unspecified atom stereocenters. The van der Waals surface area contributed by atoms with Gasteiger partial charge in [-0.1, -0.05) is 50.2 Å². The van der Waals surface area contributed by atoms with Crippen molar-refractivity contribution in [2.45, 2.75) is 51.7 Å². The van der Waals surface area contributed by atoms with Crippen LogP contribution in [0.3, 0.4) is 0 Å². The van der Waals surface area contributed by atoms with E-state index < -0.39 is 12.1 Å². The van der Waals surface area contributed by atoms with E-state index in [1.807, 2.05) is 80.7 Å². The van der Waals surface area contributed by atoms with Crippen LogP contribution in [0.15, 0.2) is 73.1 Å². The average Bonchev–Trinajstić information content (AvgIpc) is 3.82. The van der Waals surface area contributed by atoms with Gasteiger partial charge in [-0.05, 0) is 61.1 Å². The summed E-state index contributed by atoms with van der Waals surface area (Å²) < 4.78 is 4.74. The van der Waals surface area contributed by atoms with Crippen LogP contribution in [-0.4, -0.2) is 83.1 Å². The van der Waals surface area contributed by atoms with E-state index >= 15 is 0 Å². The highest BCUT2D eigenvalue weighted by molar-refractivity contribution is 6.04. The summed E-state index contributed by atoms with van der Waals surface area (Å²) in [5.41, 5.74) is 5.00. The molecule has 3 atom stereocenters. The summed E-state index contributed by atoms with van der Waals surface area (Å²) in [6.45, 7) is 9.29. The van der Waals surface area contributed by atoms with Crippen LogP contribution in [0.5, 0.6) is 0 Å². The third kappa shape index (κ3) is 7.59. The van der Waals surface area contributed by atoms with E-state index in [1.165, 1.54) is 7.11 Å². The minimum atomic E-state index is -0.679. The number of carbonyl (C=O) groups is 3. The number of ether oxygens (including phenoxy) is 1. The summed E-state index contributed by atoms with van der Waals surface area (Å²) in [4.78, 5) is 55.0. The quantitative estimate of drug-likeness (QED) is 0.190. The molecule has 2 saturated heterocycles. The number of hydrogen-bond acceptors (Lipinski definition) is 8. The fraction of sp³-hybridized carbons (Fsp3) is 0.378. The van der Waals surface area contributed by atoms with Gasteiger partial charge in [0, 0.05) is 55.9 Å². The number of methoxy groups -OCH3 is 1. The van der Waals surface area contributed by atoms with Crippen molar-refractivity contribution in [3.63, 3.8) is 0 Å². The number of benzene rings is 2. The first-order chi connectivity index (χ1) is 23.7. The van der Waals surface area contributed by atoms with Crippen LogP contribution < -0.4 is 20.9 Å². The molecule has 6 rings (SSSR count). The van der Waals surface area contributed by atoms with E-state index in [0.29, 0.717) is 23.8 Å². The van der Waals surface area contributed by atoms with Gasteiger partial charge in [0.1, 0.15) is 17.7 Å². The minimum Gasteiger partial charge on any atom is -0.453 e. The molecule has 0 spiro atoms. The molecule has 4 N–H and O–H groups in total. The molecular formula is C37H44N8O4. The predicted molar refractivity (Wildman–Crippen MR) is 189 cm³/mol. The molecule has 4 aromatic rings. The second-order valence-corrected chi connectivity index (χ2v) is 13.0. The zero-order chi connectivity index (χ0) is 34.5. The lowest BCUT2D eigenvalue weighted by Crippen LogP contribution is -2.51.